The molecule has 1 saturated heterocycles. The number of hydrogen-bond acceptors (Lipinski definition) is 17. The Kier molecular flexibility index (Phi) is 20.3. The van der Waals surface area contributed by atoms with E-state index >= 15 is 0 Å². The van der Waals surface area contributed by atoms with Crippen LogP contribution in [0.3, 0.4) is 0 Å². The molecule has 60 heavy (non-hydrogen) atoms. The average Bonchev–Trinajstić information content (AvgIpc) is 3.80. The van der Waals surface area contributed by atoms with Crippen LogP contribution in [-0.4, -0.2) is 123 Å². The lowest BCUT2D eigenvalue weighted by Crippen LogP contribution is -2.44. The number of aryl methyl sites for hydroxylation is 1. The number of hydrogen-bond donors (Lipinski definition) is 4. The molecule has 1 aromatic heterocycles. The van der Waals surface area contributed by atoms with Crippen LogP contribution in [0.4, 0.5) is 5.82 Å². The van der Waals surface area contributed by atoms with Crippen LogP contribution in [0.1, 0.15) is 97.5 Å². The van der Waals surface area contributed by atoms with E-state index in [0.717, 1.165) is 18.1 Å². The summed E-state index contributed by atoms with van der Waals surface area (Å²) in [5.41, 5.74) is 0.896. The van der Waals surface area contributed by atoms with E-state index in [4.69, 9.17) is 23.7 Å². The van der Waals surface area contributed by atoms with E-state index in [0.29, 0.717) is 82.9 Å². The number of carbonyl (C=O) groups is 4. The fraction of sp³-hybridized carbons (Fsp3) is 0.674. The SMILES string of the molecule is CC(OC(=O)CCC(=O)OC(CNC(C)(C)C)COc1nsnc1N1CCOCC1)C(=O)OC(=O)CCC/C=C\C[C@H]1[C@H](CC[C@H](O)CCc2ccccc2)[C@@H](O)C[C@H]1O. The fourth-order valence-electron chi connectivity index (χ4n) is 7.11. The van der Waals surface area contributed by atoms with Crippen molar-refractivity contribution in [3.63, 3.8) is 0 Å². The van der Waals surface area contributed by atoms with Gasteiger partial charge in [-0.2, -0.15) is 4.37 Å². The Morgan fingerprint density at radius 3 is 2.37 bits per heavy atom. The minimum Gasteiger partial charge on any atom is -0.470 e. The van der Waals surface area contributed by atoms with Crippen molar-refractivity contribution in [1.29, 1.82) is 0 Å². The Hall–Kier alpha value is -4.00. The van der Waals surface area contributed by atoms with Crippen LogP contribution in [0.2, 0.25) is 0 Å². The van der Waals surface area contributed by atoms with Gasteiger partial charge < -0.3 is 49.2 Å². The maximum Gasteiger partial charge on any atom is 0.354 e. The molecule has 0 radical (unpaired) electrons. The van der Waals surface area contributed by atoms with E-state index in [2.05, 4.69) is 14.1 Å². The molecule has 1 aliphatic carbocycles. The van der Waals surface area contributed by atoms with Gasteiger partial charge in [0.25, 0.3) is 5.88 Å². The van der Waals surface area contributed by atoms with Crippen molar-refractivity contribution in [3.05, 3.63) is 48.0 Å². The molecule has 1 aromatic carbocycles. The van der Waals surface area contributed by atoms with E-state index in [1.54, 1.807) is 0 Å². The smallest absolute Gasteiger partial charge is 0.354 e. The van der Waals surface area contributed by atoms with Crippen molar-refractivity contribution < 1.29 is 58.2 Å². The number of aromatic nitrogens is 2. The zero-order valence-corrected chi connectivity index (χ0v) is 36.2. The van der Waals surface area contributed by atoms with E-state index in [1.165, 1.54) is 12.5 Å². The van der Waals surface area contributed by atoms with Gasteiger partial charge in [-0.15, -0.1) is 4.37 Å². The number of nitrogens with one attached hydrogen (secondary N) is 1. The molecule has 4 rings (SSSR count). The number of rotatable bonds is 24. The van der Waals surface area contributed by atoms with Gasteiger partial charge in [-0.1, -0.05) is 42.5 Å². The van der Waals surface area contributed by atoms with Crippen molar-refractivity contribution in [1.82, 2.24) is 14.1 Å². The summed E-state index contributed by atoms with van der Waals surface area (Å²) in [6, 6.07) is 9.98. The number of ether oxygens (including phenoxy) is 5. The van der Waals surface area contributed by atoms with Crippen molar-refractivity contribution in [2.24, 2.45) is 11.8 Å². The molecule has 2 aliphatic rings. The lowest BCUT2D eigenvalue weighted by atomic mass is 9.85. The first-order valence-electron chi connectivity index (χ1n) is 21.1. The molecule has 2 unspecified atom stereocenters. The summed E-state index contributed by atoms with van der Waals surface area (Å²) in [5, 5.41) is 35.0. The fourth-order valence-corrected chi connectivity index (χ4v) is 7.63. The third kappa shape index (κ3) is 17.5. The summed E-state index contributed by atoms with van der Waals surface area (Å²) < 4.78 is 35.6. The zero-order chi connectivity index (χ0) is 43.5. The van der Waals surface area contributed by atoms with Crippen LogP contribution in [0, 0.1) is 11.8 Å². The topological polar surface area (TPSA) is 216 Å². The molecule has 1 aliphatic heterocycles. The summed E-state index contributed by atoms with van der Waals surface area (Å²) in [7, 11) is 0. The average molecular weight is 861 g/mol. The highest BCUT2D eigenvalue weighted by molar-refractivity contribution is 6.99. The second-order valence-electron chi connectivity index (χ2n) is 16.5. The third-order valence-electron chi connectivity index (χ3n) is 10.5. The maximum atomic E-state index is 12.8. The van der Waals surface area contributed by atoms with Crippen LogP contribution >= 0.6 is 11.7 Å². The van der Waals surface area contributed by atoms with Gasteiger partial charge in [0, 0.05) is 31.6 Å². The van der Waals surface area contributed by atoms with E-state index < -0.39 is 54.4 Å². The van der Waals surface area contributed by atoms with Crippen LogP contribution in [0.5, 0.6) is 5.88 Å². The van der Waals surface area contributed by atoms with Gasteiger partial charge in [0.2, 0.25) is 5.82 Å². The second-order valence-corrected chi connectivity index (χ2v) is 17.1. The van der Waals surface area contributed by atoms with Gasteiger partial charge in [-0.05, 0) is 96.5 Å². The molecule has 16 nitrogen and oxygen atoms in total. The molecule has 2 fully saturated rings. The molecule has 2 aromatic rings. The number of aliphatic hydroxyl groups excluding tert-OH is 3. The van der Waals surface area contributed by atoms with Gasteiger partial charge in [-0.3, -0.25) is 14.4 Å². The molecule has 2 heterocycles. The highest BCUT2D eigenvalue weighted by Gasteiger charge is 2.40. The Morgan fingerprint density at radius 1 is 0.950 bits per heavy atom. The minimum absolute atomic E-state index is 0.00579. The summed E-state index contributed by atoms with van der Waals surface area (Å²) in [4.78, 5) is 52.1. The number of esters is 4. The van der Waals surface area contributed by atoms with Gasteiger partial charge in [0.05, 0.1) is 56.1 Å². The minimum atomic E-state index is -1.37. The highest BCUT2D eigenvalue weighted by Crippen LogP contribution is 2.38. The van der Waals surface area contributed by atoms with Crippen LogP contribution in [0.25, 0.3) is 0 Å². The highest BCUT2D eigenvalue weighted by atomic mass is 32.1. The lowest BCUT2D eigenvalue weighted by Gasteiger charge is -2.27. The van der Waals surface area contributed by atoms with Gasteiger partial charge >= 0.3 is 23.9 Å². The number of unbranched alkanes of at least 4 members (excludes halogenated alkanes) is 1. The summed E-state index contributed by atoms with van der Waals surface area (Å²) >= 11 is 1.02. The van der Waals surface area contributed by atoms with Gasteiger partial charge in [0.15, 0.2) is 6.10 Å². The van der Waals surface area contributed by atoms with E-state index in [-0.39, 0.29) is 49.8 Å². The largest absolute Gasteiger partial charge is 0.470 e. The molecule has 0 bridgehead atoms. The quantitative estimate of drug-likeness (QED) is 0.0385. The van der Waals surface area contributed by atoms with E-state index in [1.807, 2.05) is 68.2 Å². The molecule has 4 N–H and O–H groups in total. The van der Waals surface area contributed by atoms with Crippen molar-refractivity contribution in [3.8, 4) is 5.88 Å². The summed E-state index contributed by atoms with van der Waals surface area (Å²) in [6.07, 6.45) is 3.64. The number of anilines is 1. The van der Waals surface area contributed by atoms with Crippen molar-refractivity contribution in [2.45, 2.75) is 134 Å². The molecule has 1 saturated carbocycles. The standard InChI is InChI=1S/C43H64N4O12S/c1-29(57-38(52)20-21-39(53)58-32(27-44-43(2,3)4)28-56-41-40(45-60-46-41)47-22-24-55-25-23-47)42(54)59-37(51)15-11-6-5-10-14-33-34(36(50)26-35(33)49)19-18-31(48)17-16-30-12-8-7-9-13-30/h5,7-10,12-13,29,31-36,44,48-50H,6,11,14-28H2,1-4H3/b10-5-/t29?,31-,32?,33+,34+,35-,36+/m1/s1. The Balaban J connectivity index is 1.10. The monoisotopic (exact) mass is 860 g/mol. The molecule has 0 amide bonds. The second kappa shape index (κ2) is 25.1. The molecular weight excluding hydrogens is 797 g/mol. The Bertz CT molecular complexity index is 1650. The number of morpholine rings is 1. The zero-order valence-electron chi connectivity index (χ0n) is 35.4. The summed E-state index contributed by atoms with van der Waals surface area (Å²) in [6.45, 7) is 9.92. The number of carbonyl (C=O) groups excluding carboxylic acids is 4. The van der Waals surface area contributed by atoms with Crippen molar-refractivity contribution >= 4 is 41.4 Å². The molecular formula is C43H64N4O12S. The van der Waals surface area contributed by atoms with Crippen LogP contribution in [0.15, 0.2) is 42.5 Å². The molecule has 0 spiro atoms. The predicted octanol–water partition coefficient (Wildman–Crippen LogP) is 4.08. The van der Waals surface area contributed by atoms with Crippen LogP contribution < -0.4 is 15.0 Å². The predicted molar refractivity (Wildman–Crippen MR) is 223 cm³/mol. The third-order valence-corrected chi connectivity index (χ3v) is 11.0. The molecule has 7 atom stereocenters. The van der Waals surface area contributed by atoms with E-state index in [9.17, 15) is 34.5 Å². The lowest BCUT2D eigenvalue weighted by molar-refractivity contribution is -0.173. The number of nitrogens with zero attached hydrogens (tertiary/aromatic N) is 3. The Labute approximate surface area is 357 Å². The number of allylic oxidation sites excluding steroid dienone is 2. The normalized spacial score (nSPS) is 21.0. The Morgan fingerprint density at radius 2 is 1.65 bits per heavy atom. The first-order chi connectivity index (χ1) is 28.7. The van der Waals surface area contributed by atoms with Gasteiger partial charge in [-0.25, -0.2) is 4.79 Å². The van der Waals surface area contributed by atoms with Crippen molar-refractivity contribution in [2.75, 3.05) is 44.4 Å². The first kappa shape index (κ1) is 48.7. The molecule has 334 valence electrons. The first-order valence-corrected chi connectivity index (χ1v) is 21.8. The summed E-state index contributed by atoms with van der Waals surface area (Å²) in [5.74, 6) is -2.59. The molecule has 17 heteroatoms. The van der Waals surface area contributed by atoms with Crippen LogP contribution in [-0.2, 0) is 44.5 Å². The maximum absolute atomic E-state index is 12.8. The number of aliphatic hydroxyl groups is 3. The van der Waals surface area contributed by atoms with Gasteiger partial charge in [0.1, 0.15) is 12.7 Å². The number of benzene rings is 1.